The second-order valence-electron chi connectivity index (χ2n) is 5.73. The van der Waals surface area contributed by atoms with Crippen LogP contribution in [0, 0.1) is 0 Å². The zero-order valence-electron chi connectivity index (χ0n) is 14.5. The highest BCUT2D eigenvalue weighted by molar-refractivity contribution is 6.09. The van der Waals surface area contributed by atoms with Gasteiger partial charge in [0.25, 0.3) is 11.8 Å². The predicted octanol–water partition coefficient (Wildman–Crippen LogP) is 1.36. The third-order valence-corrected chi connectivity index (χ3v) is 3.62. The number of carbonyl (C=O) groups is 3. The lowest BCUT2D eigenvalue weighted by molar-refractivity contribution is 0.0692. The fourth-order valence-electron chi connectivity index (χ4n) is 2.37. The molecule has 10 nitrogen and oxygen atoms in total. The molecule has 0 bridgehead atoms. The lowest BCUT2D eigenvalue weighted by Crippen LogP contribution is -2.16. The molecule has 3 aromatic rings. The molecule has 0 unspecified atom stereocenters. The van der Waals surface area contributed by atoms with Crippen molar-refractivity contribution in [2.45, 2.75) is 0 Å². The molecule has 2 aromatic heterocycles. The van der Waals surface area contributed by atoms with Crippen LogP contribution in [0.1, 0.15) is 31.3 Å². The Balaban J connectivity index is 1.68. The van der Waals surface area contributed by atoms with Crippen LogP contribution in [0.5, 0.6) is 0 Å². The van der Waals surface area contributed by atoms with Crippen LogP contribution in [0.4, 0.5) is 11.4 Å². The molecule has 3 N–H and O–H groups in total. The average molecular weight is 368 g/mol. The molecule has 0 spiro atoms. The van der Waals surface area contributed by atoms with E-state index in [4.69, 9.17) is 5.11 Å². The Morgan fingerprint density at radius 2 is 1.48 bits per heavy atom. The number of carboxylic acids is 1. The van der Waals surface area contributed by atoms with Crippen molar-refractivity contribution in [3.63, 3.8) is 0 Å². The summed E-state index contributed by atoms with van der Waals surface area (Å²) in [6.45, 7) is 0. The van der Waals surface area contributed by atoms with Gasteiger partial charge in [0, 0.05) is 37.9 Å². The lowest BCUT2D eigenvalue weighted by atomic mass is 10.2. The minimum Gasteiger partial charge on any atom is -0.478 e. The summed E-state index contributed by atoms with van der Waals surface area (Å²) in [5, 5.41) is 22.3. The monoisotopic (exact) mass is 368 g/mol. The van der Waals surface area contributed by atoms with E-state index < -0.39 is 11.9 Å². The molecule has 10 heteroatoms. The van der Waals surface area contributed by atoms with Gasteiger partial charge in [-0.05, 0) is 30.3 Å². The van der Waals surface area contributed by atoms with Crippen molar-refractivity contribution in [2.24, 2.45) is 14.1 Å². The Morgan fingerprint density at radius 3 is 2.00 bits per heavy atom. The van der Waals surface area contributed by atoms with Gasteiger partial charge < -0.3 is 15.7 Å². The summed E-state index contributed by atoms with van der Waals surface area (Å²) in [4.78, 5) is 35.5. The number of hydrogen-bond acceptors (Lipinski definition) is 5. The van der Waals surface area contributed by atoms with E-state index in [1.165, 1.54) is 22.6 Å². The van der Waals surface area contributed by atoms with Crippen molar-refractivity contribution in [1.82, 2.24) is 19.6 Å². The molecular weight excluding hydrogens is 352 g/mol. The maximum Gasteiger partial charge on any atom is 0.339 e. The van der Waals surface area contributed by atoms with E-state index in [1.54, 1.807) is 43.6 Å². The fourth-order valence-corrected chi connectivity index (χ4v) is 2.37. The molecular formula is C17H16N6O4. The molecule has 138 valence electrons. The van der Waals surface area contributed by atoms with Crippen LogP contribution < -0.4 is 10.6 Å². The van der Waals surface area contributed by atoms with Gasteiger partial charge in [0.15, 0.2) is 11.4 Å². The standard InChI is InChI=1S/C17H16N6O4/c1-22-8-7-13(20-22)15(24)18-10-3-5-11(6-4-10)19-16(25)14-12(17(26)27)9-23(2)21-14/h3-9H,1-2H3,(H,18,24)(H,19,25)(H,26,27). The highest BCUT2D eigenvalue weighted by Gasteiger charge is 2.21. The normalized spacial score (nSPS) is 10.4. The summed E-state index contributed by atoms with van der Waals surface area (Å²) in [7, 11) is 3.24. The zero-order chi connectivity index (χ0) is 19.6. The van der Waals surface area contributed by atoms with E-state index in [1.807, 2.05) is 0 Å². The predicted molar refractivity (Wildman–Crippen MR) is 95.7 cm³/mol. The Hall–Kier alpha value is -3.95. The van der Waals surface area contributed by atoms with Crippen molar-refractivity contribution in [1.29, 1.82) is 0 Å². The summed E-state index contributed by atoms with van der Waals surface area (Å²) < 4.78 is 2.78. The van der Waals surface area contributed by atoms with Gasteiger partial charge in [-0.2, -0.15) is 10.2 Å². The third-order valence-electron chi connectivity index (χ3n) is 3.62. The number of carboxylic acid groups (broad SMARTS) is 1. The summed E-state index contributed by atoms with van der Waals surface area (Å²) in [5.74, 6) is -2.23. The quantitative estimate of drug-likeness (QED) is 0.623. The van der Waals surface area contributed by atoms with Crippen LogP contribution in [0.25, 0.3) is 0 Å². The number of benzene rings is 1. The first-order valence-corrected chi connectivity index (χ1v) is 7.83. The largest absolute Gasteiger partial charge is 0.478 e. The van der Waals surface area contributed by atoms with E-state index in [0.29, 0.717) is 11.4 Å². The van der Waals surface area contributed by atoms with Crippen molar-refractivity contribution >= 4 is 29.2 Å². The Bertz CT molecular complexity index is 1020. The highest BCUT2D eigenvalue weighted by Crippen LogP contribution is 2.16. The van der Waals surface area contributed by atoms with Gasteiger partial charge >= 0.3 is 5.97 Å². The first-order chi connectivity index (χ1) is 12.8. The average Bonchev–Trinajstić information content (AvgIpc) is 3.22. The molecule has 0 aliphatic heterocycles. The molecule has 3 rings (SSSR count). The Labute approximate surface area is 153 Å². The van der Waals surface area contributed by atoms with Gasteiger partial charge in [-0.3, -0.25) is 19.0 Å². The molecule has 2 amide bonds. The number of anilines is 2. The van der Waals surface area contributed by atoms with E-state index in [0.717, 1.165) is 0 Å². The molecule has 0 radical (unpaired) electrons. The van der Waals surface area contributed by atoms with Gasteiger partial charge in [0.2, 0.25) is 0 Å². The van der Waals surface area contributed by atoms with Crippen LogP contribution in [0.15, 0.2) is 42.7 Å². The van der Waals surface area contributed by atoms with E-state index in [9.17, 15) is 14.4 Å². The number of rotatable bonds is 5. The zero-order valence-corrected chi connectivity index (χ0v) is 14.5. The van der Waals surface area contributed by atoms with Gasteiger partial charge in [-0.1, -0.05) is 0 Å². The second-order valence-corrected chi connectivity index (χ2v) is 5.73. The van der Waals surface area contributed by atoms with Crippen molar-refractivity contribution in [2.75, 3.05) is 10.6 Å². The molecule has 0 aliphatic rings. The molecule has 2 heterocycles. The van der Waals surface area contributed by atoms with Crippen molar-refractivity contribution in [3.8, 4) is 0 Å². The number of aromatic carboxylic acids is 1. The molecule has 0 saturated carbocycles. The van der Waals surface area contributed by atoms with Crippen LogP contribution in [0.2, 0.25) is 0 Å². The summed E-state index contributed by atoms with van der Waals surface area (Å²) >= 11 is 0. The fraction of sp³-hybridized carbons (Fsp3) is 0.118. The van der Waals surface area contributed by atoms with E-state index in [2.05, 4.69) is 20.8 Å². The van der Waals surface area contributed by atoms with E-state index >= 15 is 0 Å². The van der Waals surface area contributed by atoms with Crippen molar-refractivity contribution in [3.05, 3.63) is 59.7 Å². The van der Waals surface area contributed by atoms with Crippen LogP contribution in [0.3, 0.4) is 0 Å². The number of nitrogens with zero attached hydrogens (tertiary/aromatic N) is 4. The third kappa shape index (κ3) is 4.00. The second kappa shape index (κ2) is 7.12. The van der Waals surface area contributed by atoms with Crippen LogP contribution in [-0.4, -0.2) is 42.5 Å². The SMILES string of the molecule is Cn1ccc(C(=O)Nc2ccc(NC(=O)c3nn(C)cc3C(=O)O)cc2)n1. The van der Waals surface area contributed by atoms with Gasteiger partial charge in [-0.25, -0.2) is 4.79 Å². The minimum atomic E-state index is -1.24. The van der Waals surface area contributed by atoms with Gasteiger partial charge in [-0.15, -0.1) is 0 Å². The summed E-state index contributed by atoms with van der Waals surface area (Å²) in [5.41, 5.74) is 0.864. The maximum atomic E-state index is 12.3. The number of aryl methyl sites for hydroxylation is 2. The molecule has 1 aromatic carbocycles. The number of carbonyl (C=O) groups excluding carboxylic acids is 2. The van der Waals surface area contributed by atoms with Gasteiger partial charge in [0.05, 0.1) is 0 Å². The smallest absolute Gasteiger partial charge is 0.339 e. The number of hydrogen-bond donors (Lipinski definition) is 3. The number of aromatic nitrogens is 4. The molecule has 0 aliphatic carbocycles. The van der Waals surface area contributed by atoms with Gasteiger partial charge in [0.1, 0.15) is 5.56 Å². The molecule has 0 atom stereocenters. The minimum absolute atomic E-state index is 0.183. The van der Waals surface area contributed by atoms with Crippen LogP contribution >= 0.6 is 0 Å². The highest BCUT2D eigenvalue weighted by atomic mass is 16.4. The first kappa shape index (κ1) is 17.9. The topological polar surface area (TPSA) is 131 Å². The summed E-state index contributed by atoms with van der Waals surface area (Å²) in [6.07, 6.45) is 2.92. The maximum absolute atomic E-state index is 12.3. The Kier molecular flexibility index (Phi) is 4.71. The first-order valence-electron chi connectivity index (χ1n) is 7.83. The molecule has 0 saturated heterocycles. The molecule has 27 heavy (non-hydrogen) atoms. The lowest BCUT2D eigenvalue weighted by Gasteiger charge is -2.07. The van der Waals surface area contributed by atoms with Crippen LogP contribution in [-0.2, 0) is 14.1 Å². The van der Waals surface area contributed by atoms with E-state index in [-0.39, 0.29) is 22.9 Å². The molecule has 0 fully saturated rings. The van der Waals surface area contributed by atoms with Crippen molar-refractivity contribution < 1.29 is 19.5 Å². The number of amides is 2. The Morgan fingerprint density at radius 1 is 0.889 bits per heavy atom. The number of nitrogens with one attached hydrogen (secondary N) is 2. The summed E-state index contributed by atoms with van der Waals surface area (Å²) in [6, 6.07) is 7.96.